The van der Waals surface area contributed by atoms with Crippen LogP contribution in [0.2, 0.25) is 0 Å². The fourth-order valence-electron chi connectivity index (χ4n) is 2.59. The molecule has 0 saturated heterocycles. The highest BCUT2D eigenvalue weighted by Gasteiger charge is 2.12. The zero-order valence-electron chi connectivity index (χ0n) is 12.8. The molecule has 3 rings (SSSR count). The molecule has 0 spiro atoms. The molecule has 0 aliphatic carbocycles. The number of rotatable bonds is 6. The van der Waals surface area contributed by atoms with Crippen LogP contribution < -0.4 is 0 Å². The standard InChI is InChI=1S/C18H20N4/c1-2-3-4-5-14-6-8-15(9-7-14)16-10-12-17(13-11-16)18-19-21-22-20-18/h6-13,18H,2-5H2,1H3. The first-order valence-corrected chi connectivity index (χ1v) is 7.86. The second kappa shape index (κ2) is 7.07. The van der Waals surface area contributed by atoms with Crippen LogP contribution >= 0.6 is 0 Å². The van der Waals surface area contributed by atoms with Gasteiger partial charge in [-0.15, -0.1) is 10.2 Å². The summed E-state index contributed by atoms with van der Waals surface area (Å²) in [4.78, 5) is 0. The number of benzene rings is 2. The van der Waals surface area contributed by atoms with Gasteiger partial charge < -0.3 is 0 Å². The van der Waals surface area contributed by atoms with Gasteiger partial charge in [0, 0.05) is 5.56 Å². The van der Waals surface area contributed by atoms with Crippen molar-refractivity contribution >= 4 is 0 Å². The van der Waals surface area contributed by atoms with Gasteiger partial charge in [0.1, 0.15) is 0 Å². The fourth-order valence-corrected chi connectivity index (χ4v) is 2.59. The summed E-state index contributed by atoms with van der Waals surface area (Å²) in [7, 11) is 0. The molecule has 0 aromatic heterocycles. The number of hydrogen-bond acceptors (Lipinski definition) is 4. The van der Waals surface area contributed by atoms with Crippen LogP contribution in [0.5, 0.6) is 0 Å². The van der Waals surface area contributed by atoms with Crippen molar-refractivity contribution in [2.45, 2.75) is 38.8 Å². The van der Waals surface area contributed by atoms with Crippen LogP contribution in [-0.4, -0.2) is 0 Å². The number of nitrogens with zero attached hydrogens (tertiary/aromatic N) is 4. The smallest absolute Gasteiger partial charge is 0.133 e. The van der Waals surface area contributed by atoms with Gasteiger partial charge in [-0.1, -0.05) is 68.3 Å². The molecule has 0 amide bonds. The van der Waals surface area contributed by atoms with E-state index in [1.165, 1.54) is 42.4 Å². The molecule has 1 aliphatic rings. The Hall–Kier alpha value is -2.36. The van der Waals surface area contributed by atoms with Gasteiger partial charge >= 0.3 is 0 Å². The largest absolute Gasteiger partial charge is 0.210 e. The summed E-state index contributed by atoms with van der Waals surface area (Å²) in [6, 6.07) is 17.2. The summed E-state index contributed by atoms with van der Waals surface area (Å²) in [6.07, 6.45) is 4.75. The van der Waals surface area contributed by atoms with Gasteiger partial charge in [0.15, 0.2) is 0 Å². The maximum absolute atomic E-state index is 3.95. The summed E-state index contributed by atoms with van der Waals surface area (Å²) < 4.78 is 0. The molecule has 1 aliphatic heterocycles. The zero-order chi connectivity index (χ0) is 15.2. The van der Waals surface area contributed by atoms with Gasteiger partial charge in [-0.2, -0.15) is 0 Å². The average Bonchev–Trinajstić information content (AvgIpc) is 3.11. The summed E-state index contributed by atoms with van der Waals surface area (Å²) in [6.45, 7) is 2.24. The van der Waals surface area contributed by atoms with Crippen molar-refractivity contribution in [1.29, 1.82) is 0 Å². The second-order valence-corrected chi connectivity index (χ2v) is 5.56. The molecule has 0 saturated carbocycles. The Morgan fingerprint density at radius 3 is 1.95 bits per heavy atom. The van der Waals surface area contributed by atoms with Crippen molar-refractivity contribution in [3.05, 3.63) is 59.7 Å². The molecule has 112 valence electrons. The minimum Gasteiger partial charge on any atom is -0.133 e. The Kier molecular flexibility index (Phi) is 4.68. The molecule has 0 unspecified atom stereocenters. The SMILES string of the molecule is CCCCCc1ccc(-c2ccc(C3N=NN=N3)cc2)cc1. The predicted octanol–water partition coefficient (Wildman–Crippen LogP) is 5.92. The monoisotopic (exact) mass is 292 g/mol. The van der Waals surface area contributed by atoms with Gasteiger partial charge in [0.2, 0.25) is 6.17 Å². The van der Waals surface area contributed by atoms with Gasteiger partial charge in [-0.25, -0.2) is 0 Å². The number of unbranched alkanes of at least 4 members (excludes halogenated alkanes) is 2. The van der Waals surface area contributed by atoms with E-state index in [-0.39, 0.29) is 6.17 Å². The molecule has 4 nitrogen and oxygen atoms in total. The van der Waals surface area contributed by atoms with E-state index in [0.717, 1.165) is 5.56 Å². The molecule has 1 heterocycles. The predicted molar refractivity (Wildman–Crippen MR) is 87.6 cm³/mol. The highest BCUT2D eigenvalue weighted by atomic mass is 15.6. The molecule has 0 bridgehead atoms. The summed E-state index contributed by atoms with van der Waals surface area (Å²) in [5.74, 6) is 0. The highest BCUT2D eigenvalue weighted by molar-refractivity contribution is 5.64. The second-order valence-electron chi connectivity index (χ2n) is 5.56. The Balaban J connectivity index is 1.68. The minimum absolute atomic E-state index is 0.269. The molecule has 2 aromatic rings. The lowest BCUT2D eigenvalue weighted by Crippen LogP contribution is -1.89. The van der Waals surface area contributed by atoms with Crippen molar-refractivity contribution in [1.82, 2.24) is 0 Å². The van der Waals surface area contributed by atoms with Crippen LogP contribution in [0.1, 0.15) is 43.5 Å². The van der Waals surface area contributed by atoms with E-state index in [9.17, 15) is 0 Å². The van der Waals surface area contributed by atoms with E-state index < -0.39 is 0 Å². The number of hydrogen-bond donors (Lipinski definition) is 0. The van der Waals surface area contributed by atoms with E-state index in [2.05, 4.69) is 64.0 Å². The van der Waals surface area contributed by atoms with Crippen LogP contribution in [0.4, 0.5) is 0 Å². The molecular weight excluding hydrogens is 272 g/mol. The van der Waals surface area contributed by atoms with E-state index in [0.29, 0.717) is 0 Å². The zero-order valence-corrected chi connectivity index (χ0v) is 12.8. The van der Waals surface area contributed by atoms with Crippen molar-refractivity contribution in [3.8, 4) is 11.1 Å². The topological polar surface area (TPSA) is 49.4 Å². The Bertz CT molecular complexity index is 644. The minimum atomic E-state index is -0.269. The lowest BCUT2D eigenvalue weighted by atomic mass is 10.00. The van der Waals surface area contributed by atoms with Crippen LogP contribution in [0.25, 0.3) is 11.1 Å². The maximum atomic E-state index is 3.95. The van der Waals surface area contributed by atoms with Crippen molar-refractivity contribution in [2.24, 2.45) is 20.7 Å². The fraction of sp³-hybridized carbons (Fsp3) is 0.333. The van der Waals surface area contributed by atoms with Crippen LogP contribution in [0.3, 0.4) is 0 Å². The Morgan fingerprint density at radius 2 is 1.36 bits per heavy atom. The number of aryl methyl sites for hydroxylation is 1. The molecule has 0 atom stereocenters. The van der Waals surface area contributed by atoms with Crippen LogP contribution in [-0.2, 0) is 6.42 Å². The Morgan fingerprint density at radius 1 is 0.773 bits per heavy atom. The normalized spacial score (nSPS) is 13.9. The van der Waals surface area contributed by atoms with Crippen molar-refractivity contribution in [3.63, 3.8) is 0 Å². The Labute approximate surface area is 131 Å². The molecular formula is C18H20N4. The quantitative estimate of drug-likeness (QED) is 0.593. The van der Waals surface area contributed by atoms with E-state index >= 15 is 0 Å². The third-order valence-electron chi connectivity index (χ3n) is 3.93. The molecule has 0 fully saturated rings. The molecule has 4 heteroatoms. The van der Waals surface area contributed by atoms with Crippen molar-refractivity contribution in [2.75, 3.05) is 0 Å². The molecule has 2 aromatic carbocycles. The van der Waals surface area contributed by atoms with E-state index in [1.807, 2.05) is 12.1 Å². The highest BCUT2D eigenvalue weighted by Crippen LogP contribution is 2.27. The third kappa shape index (κ3) is 3.45. The van der Waals surface area contributed by atoms with Gasteiger partial charge in [-0.3, -0.25) is 0 Å². The van der Waals surface area contributed by atoms with Crippen molar-refractivity contribution < 1.29 is 0 Å². The van der Waals surface area contributed by atoms with Gasteiger partial charge in [0.05, 0.1) is 0 Å². The lowest BCUT2D eigenvalue weighted by molar-refractivity contribution is 0.717. The summed E-state index contributed by atoms with van der Waals surface area (Å²) in [5, 5.41) is 15.0. The van der Waals surface area contributed by atoms with Crippen LogP contribution in [0.15, 0.2) is 69.2 Å². The summed E-state index contributed by atoms with van der Waals surface area (Å²) >= 11 is 0. The van der Waals surface area contributed by atoms with E-state index in [1.54, 1.807) is 0 Å². The van der Waals surface area contributed by atoms with Crippen LogP contribution in [0, 0.1) is 0 Å². The lowest BCUT2D eigenvalue weighted by Gasteiger charge is -2.06. The summed E-state index contributed by atoms with van der Waals surface area (Å²) in [5.41, 5.74) is 4.88. The van der Waals surface area contributed by atoms with Gasteiger partial charge in [-0.05, 0) is 40.0 Å². The molecule has 22 heavy (non-hydrogen) atoms. The van der Waals surface area contributed by atoms with Gasteiger partial charge in [0.25, 0.3) is 0 Å². The molecule has 0 radical (unpaired) electrons. The average molecular weight is 292 g/mol. The first-order chi connectivity index (χ1) is 10.9. The molecule has 0 N–H and O–H groups in total. The first-order valence-electron chi connectivity index (χ1n) is 7.86. The third-order valence-corrected chi connectivity index (χ3v) is 3.93. The van der Waals surface area contributed by atoms with E-state index in [4.69, 9.17) is 0 Å². The maximum Gasteiger partial charge on any atom is 0.210 e. The first kappa shape index (κ1) is 14.6.